The fraction of sp³-hybridized carbons (Fsp3) is 0.556. The van der Waals surface area contributed by atoms with Gasteiger partial charge in [-0.2, -0.15) is 4.31 Å². The maximum absolute atomic E-state index is 13.4. The summed E-state index contributed by atoms with van der Waals surface area (Å²) >= 11 is 0. The maximum atomic E-state index is 13.4. The van der Waals surface area contributed by atoms with E-state index in [1.165, 1.54) is 21.3 Å². The van der Waals surface area contributed by atoms with E-state index in [0.29, 0.717) is 4.31 Å². The molecule has 0 radical (unpaired) electrons. The number of piperazine rings is 1. The highest BCUT2D eigenvalue weighted by atomic mass is 32.2. The average Bonchev–Trinajstić information content (AvgIpc) is 3.01. The van der Waals surface area contributed by atoms with Gasteiger partial charge in [-0.25, -0.2) is 25.9 Å². The smallest absolute Gasteiger partial charge is 0.409 e. The van der Waals surface area contributed by atoms with Gasteiger partial charge in [0.15, 0.2) is 0 Å². The van der Waals surface area contributed by atoms with E-state index in [-0.39, 0.29) is 67.9 Å². The molecule has 172 valence electrons. The van der Waals surface area contributed by atoms with Crippen molar-refractivity contribution >= 4 is 37.7 Å². The van der Waals surface area contributed by atoms with Crippen LogP contribution in [-0.2, 0) is 29.6 Å². The Hall–Kier alpha value is -2.38. The van der Waals surface area contributed by atoms with E-state index in [2.05, 4.69) is 0 Å². The topological polar surface area (TPSA) is 131 Å². The van der Waals surface area contributed by atoms with E-state index in [4.69, 9.17) is 9.47 Å². The van der Waals surface area contributed by atoms with Crippen LogP contribution in [0.3, 0.4) is 0 Å². The van der Waals surface area contributed by atoms with Crippen molar-refractivity contribution in [3.63, 3.8) is 0 Å². The van der Waals surface area contributed by atoms with Gasteiger partial charge in [-0.1, -0.05) is 0 Å². The third-order valence-corrected chi connectivity index (χ3v) is 8.53. The van der Waals surface area contributed by atoms with Crippen molar-refractivity contribution in [3.05, 3.63) is 18.2 Å². The minimum absolute atomic E-state index is 0.0396. The number of amides is 2. The second-order valence-electron chi connectivity index (χ2n) is 6.88. The van der Waals surface area contributed by atoms with Crippen molar-refractivity contribution in [2.75, 3.05) is 49.5 Å². The van der Waals surface area contributed by atoms with Crippen LogP contribution in [0.4, 0.5) is 10.5 Å². The van der Waals surface area contributed by atoms with Crippen LogP contribution in [0.15, 0.2) is 23.1 Å². The Morgan fingerprint density at radius 3 is 2.32 bits per heavy atom. The van der Waals surface area contributed by atoms with Gasteiger partial charge in [0.25, 0.3) is 0 Å². The van der Waals surface area contributed by atoms with E-state index in [9.17, 15) is 26.4 Å². The lowest BCUT2D eigenvalue weighted by molar-refractivity contribution is -0.116. The quantitative estimate of drug-likeness (QED) is 0.585. The van der Waals surface area contributed by atoms with Gasteiger partial charge >= 0.3 is 6.09 Å². The molecule has 31 heavy (non-hydrogen) atoms. The van der Waals surface area contributed by atoms with Crippen LogP contribution in [0.1, 0.15) is 20.3 Å². The van der Waals surface area contributed by atoms with E-state index in [0.717, 1.165) is 6.07 Å². The molecule has 11 nitrogen and oxygen atoms in total. The number of carbonyl (C=O) groups excluding carboxylic acids is 2. The van der Waals surface area contributed by atoms with Crippen molar-refractivity contribution in [3.8, 4) is 5.75 Å². The van der Waals surface area contributed by atoms with E-state index >= 15 is 0 Å². The van der Waals surface area contributed by atoms with Crippen LogP contribution in [0, 0.1) is 0 Å². The Labute approximate surface area is 181 Å². The minimum Gasteiger partial charge on any atom is -0.492 e. The number of rotatable bonds is 6. The van der Waals surface area contributed by atoms with Crippen LogP contribution in [0.5, 0.6) is 5.75 Å². The summed E-state index contributed by atoms with van der Waals surface area (Å²) in [4.78, 5) is 25.2. The van der Waals surface area contributed by atoms with Gasteiger partial charge in [-0.05, 0) is 32.0 Å². The molecule has 13 heteroatoms. The lowest BCUT2D eigenvalue weighted by Gasteiger charge is -2.33. The minimum atomic E-state index is -4.09. The molecule has 0 aliphatic carbocycles. The summed E-state index contributed by atoms with van der Waals surface area (Å²) < 4.78 is 63.5. The first-order valence-electron chi connectivity index (χ1n) is 9.86. The molecule has 2 heterocycles. The van der Waals surface area contributed by atoms with Gasteiger partial charge in [-0.3, -0.25) is 4.79 Å². The molecule has 3 rings (SSSR count). The van der Waals surface area contributed by atoms with Crippen molar-refractivity contribution in [2.45, 2.75) is 25.2 Å². The summed E-state index contributed by atoms with van der Waals surface area (Å²) in [5.74, 6) is -0.879. The predicted molar refractivity (Wildman–Crippen MR) is 111 cm³/mol. The first-order chi connectivity index (χ1) is 14.6. The van der Waals surface area contributed by atoms with Crippen LogP contribution >= 0.6 is 0 Å². The van der Waals surface area contributed by atoms with Gasteiger partial charge in [0.05, 0.1) is 24.7 Å². The molecule has 1 aromatic rings. The molecule has 0 saturated carbocycles. The van der Waals surface area contributed by atoms with E-state index in [1.807, 2.05) is 0 Å². The zero-order valence-corrected chi connectivity index (χ0v) is 18.9. The lowest BCUT2D eigenvalue weighted by atomic mass is 10.3. The van der Waals surface area contributed by atoms with Crippen LogP contribution in [0.2, 0.25) is 0 Å². The van der Waals surface area contributed by atoms with Crippen LogP contribution < -0.4 is 9.04 Å². The van der Waals surface area contributed by atoms with Crippen molar-refractivity contribution in [2.24, 2.45) is 0 Å². The van der Waals surface area contributed by atoms with Gasteiger partial charge in [-0.15, -0.1) is 0 Å². The summed E-state index contributed by atoms with van der Waals surface area (Å²) in [7, 11) is -7.93. The summed E-state index contributed by atoms with van der Waals surface area (Å²) in [5.41, 5.74) is -0.0466. The van der Waals surface area contributed by atoms with Crippen molar-refractivity contribution in [1.82, 2.24) is 9.21 Å². The third-order valence-electron chi connectivity index (χ3n) is 4.92. The van der Waals surface area contributed by atoms with Gasteiger partial charge < -0.3 is 14.4 Å². The second kappa shape index (κ2) is 9.01. The number of carbonyl (C=O) groups is 2. The number of benzene rings is 1. The summed E-state index contributed by atoms with van der Waals surface area (Å²) in [6.45, 7) is 4.18. The number of anilines is 1. The Balaban J connectivity index is 1.93. The van der Waals surface area contributed by atoms with Crippen LogP contribution in [0.25, 0.3) is 0 Å². The lowest BCUT2D eigenvalue weighted by Crippen LogP contribution is -2.50. The number of sulfonamides is 2. The Kier molecular flexibility index (Phi) is 6.76. The van der Waals surface area contributed by atoms with E-state index in [1.54, 1.807) is 13.8 Å². The largest absolute Gasteiger partial charge is 0.492 e. The number of nitrogens with zero attached hydrogens (tertiary/aromatic N) is 3. The Morgan fingerprint density at radius 1 is 1.10 bits per heavy atom. The molecular weight excluding hydrogens is 450 g/mol. The Morgan fingerprint density at radius 2 is 1.77 bits per heavy atom. The standard InChI is InChI=1S/C18H25N3O8S2/c1-3-28-15-6-5-14(21-17(22)7-12-30(21,24)25)13-16(15)31(26,27)20-10-8-19(9-11-20)18(23)29-4-2/h5-6,13H,3-4,7-12H2,1-2H3. The molecule has 1 aromatic carbocycles. The fourth-order valence-electron chi connectivity index (χ4n) is 3.43. The second-order valence-corrected chi connectivity index (χ2v) is 10.7. The normalized spacial score (nSPS) is 19.5. The first kappa shape index (κ1) is 23.3. The molecule has 0 atom stereocenters. The molecule has 2 aliphatic heterocycles. The fourth-order valence-corrected chi connectivity index (χ4v) is 6.46. The third kappa shape index (κ3) is 4.62. The SMILES string of the molecule is CCOC(=O)N1CCN(S(=O)(=O)c2cc(N3C(=O)CCS3(=O)=O)ccc2OCC)CC1. The molecule has 0 bridgehead atoms. The molecule has 2 fully saturated rings. The highest BCUT2D eigenvalue weighted by Crippen LogP contribution is 2.34. The maximum Gasteiger partial charge on any atom is 0.409 e. The zero-order valence-electron chi connectivity index (χ0n) is 17.3. The van der Waals surface area contributed by atoms with Crippen molar-refractivity contribution in [1.29, 1.82) is 0 Å². The molecule has 0 aromatic heterocycles. The monoisotopic (exact) mass is 475 g/mol. The summed E-state index contributed by atoms with van der Waals surface area (Å²) in [6.07, 6.45) is -0.665. The van der Waals surface area contributed by atoms with E-state index < -0.39 is 32.0 Å². The molecule has 2 saturated heterocycles. The van der Waals surface area contributed by atoms with Gasteiger partial charge in [0.2, 0.25) is 26.0 Å². The van der Waals surface area contributed by atoms with Gasteiger partial charge in [0, 0.05) is 32.6 Å². The molecule has 2 aliphatic rings. The first-order valence-corrected chi connectivity index (χ1v) is 12.9. The molecule has 0 spiro atoms. The van der Waals surface area contributed by atoms with Crippen molar-refractivity contribution < 1.29 is 35.9 Å². The van der Waals surface area contributed by atoms with Gasteiger partial charge in [0.1, 0.15) is 10.6 Å². The highest BCUT2D eigenvalue weighted by molar-refractivity contribution is 7.94. The zero-order chi connectivity index (χ0) is 22.8. The summed E-state index contributed by atoms with van der Waals surface area (Å²) in [6, 6.07) is 3.85. The number of hydrogen-bond acceptors (Lipinski definition) is 8. The van der Waals surface area contributed by atoms with Crippen LogP contribution in [-0.4, -0.2) is 83.2 Å². The number of hydrogen-bond donors (Lipinski definition) is 0. The molecular formula is C18H25N3O8S2. The Bertz CT molecular complexity index is 1060. The summed E-state index contributed by atoms with van der Waals surface area (Å²) in [5, 5.41) is 0. The number of ether oxygens (including phenoxy) is 2. The molecule has 2 amide bonds. The predicted octanol–water partition coefficient (Wildman–Crippen LogP) is 0.615. The molecule has 0 N–H and O–H groups in total. The highest BCUT2D eigenvalue weighted by Gasteiger charge is 2.38. The molecule has 0 unspecified atom stereocenters. The average molecular weight is 476 g/mol.